The van der Waals surface area contributed by atoms with Crippen molar-refractivity contribution in [3.8, 4) is 22.8 Å². The predicted molar refractivity (Wildman–Crippen MR) is 112 cm³/mol. The number of fused-ring (bicyclic) bond motifs is 1. The second kappa shape index (κ2) is 6.31. The van der Waals surface area contributed by atoms with Gasteiger partial charge >= 0.3 is 0 Å². The number of hydrogen-bond acceptors (Lipinski definition) is 5. The third-order valence-corrected chi connectivity index (χ3v) is 5.04. The number of aromatic hydroxyl groups is 2. The molecule has 1 aliphatic rings. The Kier molecular flexibility index (Phi) is 4.16. The number of benzene rings is 2. The lowest BCUT2D eigenvalue weighted by Gasteiger charge is -2.41. The third kappa shape index (κ3) is 3.58. The SMILES string of the molecule is CC1(C)C=C(c2ccc(-c3cc4ccc(O)cc4cc3O)nn2)CC(C)(C)N1. The van der Waals surface area contributed by atoms with Crippen LogP contribution < -0.4 is 5.32 Å². The van der Waals surface area contributed by atoms with Gasteiger partial charge in [-0.25, -0.2) is 0 Å². The van der Waals surface area contributed by atoms with E-state index in [2.05, 4.69) is 49.3 Å². The molecule has 0 aliphatic carbocycles. The van der Waals surface area contributed by atoms with Crippen molar-refractivity contribution < 1.29 is 10.2 Å². The highest BCUT2D eigenvalue weighted by Gasteiger charge is 2.33. The van der Waals surface area contributed by atoms with Crippen LogP contribution in [0.5, 0.6) is 11.5 Å². The standard InChI is InChI=1S/C23H25N3O2/c1-22(2)12-16(13-23(3,4)26-22)19-7-8-20(25-24-19)18-10-14-5-6-17(27)9-15(14)11-21(18)28/h5-12,26-28H,13H2,1-4H3. The van der Waals surface area contributed by atoms with Gasteiger partial charge in [0, 0.05) is 16.6 Å². The molecule has 0 amide bonds. The first-order chi connectivity index (χ1) is 13.1. The van der Waals surface area contributed by atoms with Crippen molar-refractivity contribution in [1.29, 1.82) is 0 Å². The molecule has 2 heterocycles. The number of phenolic OH excluding ortho intramolecular Hbond substituents is 2. The van der Waals surface area contributed by atoms with Gasteiger partial charge in [-0.3, -0.25) is 0 Å². The molecule has 0 spiro atoms. The van der Waals surface area contributed by atoms with E-state index in [1.807, 2.05) is 24.3 Å². The van der Waals surface area contributed by atoms with E-state index in [1.54, 1.807) is 18.2 Å². The number of nitrogens with zero attached hydrogens (tertiary/aromatic N) is 2. The molecule has 0 bridgehead atoms. The van der Waals surface area contributed by atoms with Gasteiger partial charge in [0.15, 0.2) is 0 Å². The van der Waals surface area contributed by atoms with E-state index in [0.717, 1.165) is 22.9 Å². The molecule has 0 saturated heterocycles. The molecule has 0 unspecified atom stereocenters. The fraction of sp³-hybridized carbons (Fsp3) is 0.304. The first kappa shape index (κ1) is 18.4. The summed E-state index contributed by atoms with van der Waals surface area (Å²) in [7, 11) is 0. The van der Waals surface area contributed by atoms with Crippen molar-refractivity contribution in [2.24, 2.45) is 0 Å². The first-order valence-corrected chi connectivity index (χ1v) is 9.43. The Morgan fingerprint density at radius 3 is 2.25 bits per heavy atom. The van der Waals surface area contributed by atoms with Crippen molar-refractivity contribution in [1.82, 2.24) is 15.5 Å². The van der Waals surface area contributed by atoms with Crippen LogP contribution in [0.15, 0.2) is 48.5 Å². The van der Waals surface area contributed by atoms with E-state index >= 15 is 0 Å². The van der Waals surface area contributed by atoms with Gasteiger partial charge in [-0.1, -0.05) is 12.1 Å². The maximum Gasteiger partial charge on any atom is 0.125 e. The average Bonchev–Trinajstić information content (AvgIpc) is 2.58. The van der Waals surface area contributed by atoms with Gasteiger partial charge in [-0.05, 0) is 86.9 Å². The Labute approximate surface area is 164 Å². The number of aromatic nitrogens is 2. The lowest BCUT2D eigenvalue weighted by atomic mass is 9.82. The normalized spacial score (nSPS) is 18.1. The second-order valence-corrected chi connectivity index (χ2v) is 8.78. The Bertz CT molecular complexity index is 1080. The van der Waals surface area contributed by atoms with E-state index in [4.69, 9.17) is 0 Å². The smallest absolute Gasteiger partial charge is 0.125 e. The molecule has 5 heteroatoms. The molecule has 1 aromatic heterocycles. The van der Waals surface area contributed by atoms with E-state index in [1.165, 1.54) is 5.57 Å². The largest absolute Gasteiger partial charge is 0.508 e. The Morgan fingerprint density at radius 1 is 0.857 bits per heavy atom. The molecule has 0 atom stereocenters. The molecule has 0 saturated carbocycles. The van der Waals surface area contributed by atoms with E-state index in [-0.39, 0.29) is 22.6 Å². The molecule has 0 fully saturated rings. The van der Waals surface area contributed by atoms with Crippen molar-refractivity contribution in [3.05, 3.63) is 54.2 Å². The second-order valence-electron chi connectivity index (χ2n) is 8.78. The Morgan fingerprint density at radius 2 is 1.57 bits per heavy atom. The maximum atomic E-state index is 10.4. The summed E-state index contributed by atoms with van der Waals surface area (Å²) in [6.45, 7) is 8.68. The molecule has 5 nitrogen and oxygen atoms in total. The molecule has 1 aliphatic heterocycles. The fourth-order valence-corrected chi connectivity index (χ4v) is 4.21. The zero-order valence-corrected chi connectivity index (χ0v) is 16.6. The number of hydrogen-bond donors (Lipinski definition) is 3. The van der Waals surface area contributed by atoms with Crippen LogP contribution in [0.4, 0.5) is 0 Å². The summed E-state index contributed by atoms with van der Waals surface area (Å²) in [5, 5.41) is 34.2. The van der Waals surface area contributed by atoms with Crippen LogP contribution >= 0.6 is 0 Å². The summed E-state index contributed by atoms with van der Waals surface area (Å²) in [5.74, 6) is 0.286. The van der Waals surface area contributed by atoms with Crippen molar-refractivity contribution >= 4 is 16.3 Å². The molecule has 0 radical (unpaired) electrons. The molecular weight excluding hydrogens is 350 g/mol. The van der Waals surface area contributed by atoms with Crippen LogP contribution in [0.25, 0.3) is 27.6 Å². The summed E-state index contributed by atoms with van der Waals surface area (Å²) in [6, 6.07) is 12.4. The number of rotatable bonds is 2. The minimum atomic E-state index is -0.111. The highest BCUT2D eigenvalue weighted by Crippen LogP contribution is 2.35. The van der Waals surface area contributed by atoms with E-state index in [9.17, 15) is 10.2 Å². The van der Waals surface area contributed by atoms with Crippen LogP contribution in [0.3, 0.4) is 0 Å². The van der Waals surface area contributed by atoms with Crippen molar-refractivity contribution in [2.75, 3.05) is 0 Å². The van der Waals surface area contributed by atoms with Crippen LogP contribution in [-0.2, 0) is 0 Å². The summed E-state index contributed by atoms with van der Waals surface area (Å²) >= 11 is 0. The minimum Gasteiger partial charge on any atom is -0.508 e. The predicted octanol–water partition coefficient (Wildman–Crippen LogP) is 4.64. The number of nitrogens with one attached hydrogen (secondary N) is 1. The highest BCUT2D eigenvalue weighted by molar-refractivity contribution is 5.90. The average molecular weight is 375 g/mol. The quantitative estimate of drug-likeness (QED) is 0.608. The van der Waals surface area contributed by atoms with Gasteiger partial charge in [0.1, 0.15) is 11.5 Å². The molecular formula is C23H25N3O2. The lowest BCUT2D eigenvalue weighted by Crippen LogP contribution is -2.53. The molecule has 3 N–H and O–H groups in total. The van der Waals surface area contributed by atoms with Gasteiger partial charge in [0.2, 0.25) is 0 Å². The Balaban J connectivity index is 1.71. The minimum absolute atomic E-state index is 0.0177. The summed E-state index contributed by atoms with van der Waals surface area (Å²) in [4.78, 5) is 0. The zero-order valence-electron chi connectivity index (χ0n) is 16.6. The summed E-state index contributed by atoms with van der Waals surface area (Å²) in [6.07, 6.45) is 3.08. The fourth-order valence-electron chi connectivity index (χ4n) is 4.21. The maximum absolute atomic E-state index is 10.4. The topological polar surface area (TPSA) is 78.3 Å². The van der Waals surface area contributed by atoms with Gasteiger partial charge < -0.3 is 15.5 Å². The van der Waals surface area contributed by atoms with Gasteiger partial charge in [0.05, 0.1) is 11.4 Å². The van der Waals surface area contributed by atoms with E-state index in [0.29, 0.717) is 11.3 Å². The van der Waals surface area contributed by atoms with E-state index < -0.39 is 0 Å². The monoisotopic (exact) mass is 375 g/mol. The highest BCUT2D eigenvalue weighted by atomic mass is 16.3. The summed E-state index contributed by atoms with van der Waals surface area (Å²) < 4.78 is 0. The Hall–Kier alpha value is -2.92. The van der Waals surface area contributed by atoms with Crippen LogP contribution in [0.1, 0.15) is 39.8 Å². The van der Waals surface area contributed by atoms with Gasteiger partial charge in [-0.2, -0.15) is 5.10 Å². The number of phenols is 2. The van der Waals surface area contributed by atoms with Gasteiger partial charge in [0.25, 0.3) is 0 Å². The summed E-state index contributed by atoms with van der Waals surface area (Å²) in [5.41, 5.74) is 3.14. The molecule has 2 aromatic carbocycles. The first-order valence-electron chi connectivity index (χ1n) is 9.43. The van der Waals surface area contributed by atoms with Crippen molar-refractivity contribution in [2.45, 2.75) is 45.2 Å². The molecule has 28 heavy (non-hydrogen) atoms. The van der Waals surface area contributed by atoms with Crippen LogP contribution in [-0.4, -0.2) is 31.5 Å². The zero-order chi connectivity index (χ0) is 20.1. The van der Waals surface area contributed by atoms with Gasteiger partial charge in [-0.15, -0.1) is 5.10 Å². The molecule has 3 aromatic rings. The van der Waals surface area contributed by atoms with Crippen LogP contribution in [0.2, 0.25) is 0 Å². The van der Waals surface area contributed by atoms with Crippen LogP contribution in [0, 0.1) is 0 Å². The third-order valence-electron chi connectivity index (χ3n) is 5.04. The lowest BCUT2D eigenvalue weighted by molar-refractivity contribution is 0.297. The molecule has 4 rings (SSSR count). The molecule has 144 valence electrons. The van der Waals surface area contributed by atoms with Crippen molar-refractivity contribution in [3.63, 3.8) is 0 Å².